The summed E-state index contributed by atoms with van der Waals surface area (Å²) >= 11 is 0. The molecule has 0 radical (unpaired) electrons. The third kappa shape index (κ3) is 6.01. The average Bonchev–Trinajstić information content (AvgIpc) is 2.86. The van der Waals surface area contributed by atoms with Crippen molar-refractivity contribution in [3.05, 3.63) is 90.0 Å². The van der Waals surface area contributed by atoms with Crippen LogP contribution in [-0.4, -0.2) is 61.9 Å². The third-order valence-electron chi connectivity index (χ3n) is 5.98. The molecule has 2 N–H and O–H groups in total. The molecular formula is C27H30N4O3. The highest BCUT2D eigenvalue weighted by molar-refractivity contribution is 5.94. The quantitative estimate of drug-likeness (QED) is 0.564. The SMILES string of the molecule is CNC(=O)c1cccc(C2CN(CC(=O)Nc3ccc(Oc4ccccc4)cc3)CCN2C)c1. The molecule has 0 aromatic heterocycles. The molecule has 7 heteroatoms. The van der Waals surface area contributed by atoms with E-state index in [2.05, 4.69) is 27.5 Å². The van der Waals surface area contributed by atoms with Gasteiger partial charge in [0.15, 0.2) is 0 Å². The van der Waals surface area contributed by atoms with Crippen molar-refractivity contribution in [3.8, 4) is 11.5 Å². The minimum atomic E-state index is -0.100. The van der Waals surface area contributed by atoms with Crippen LogP contribution in [0.5, 0.6) is 11.5 Å². The smallest absolute Gasteiger partial charge is 0.251 e. The molecule has 1 aliphatic rings. The monoisotopic (exact) mass is 458 g/mol. The number of rotatable bonds is 7. The van der Waals surface area contributed by atoms with E-state index in [9.17, 15) is 9.59 Å². The molecule has 3 aromatic rings. The average molecular weight is 459 g/mol. The molecule has 1 saturated heterocycles. The molecule has 176 valence electrons. The summed E-state index contributed by atoms with van der Waals surface area (Å²) in [5.74, 6) is 1.32. The Balaban J connectivity index is 1.33. The first-order valence-electron chi connectivity index (χ1n) is 11.4. The highest BCUT2D eigenvalue weighted by Crippen LogP contribution is 2.25. The standard InChI is InChI=1S/C27H30N4O3/c1-28-27(33)21-8-6-7-20(17-21)25-18-31(16-15-30(25)2)19-26(32)29-22-11-13-24(14-12-22)34-23-9-4-3-5-10-23/h3-14,17,25H,15-16,18-19H2,1-2H3,(H,28,33)(H,29,32). The van der Waals surface area contributed by atoms with Crippen molar-refractivity contribution in [2.75, 3.05) is 45.6 Å². The summed E-state index contributed by atoms with van der Waals surface area (Å²) in [6.07, 6.45) is 0. The molecule has 1 atom stereocenters. The first-order valence-corrected chi connectivity index (χ1v) is 11.4. The van der Waals surface area contributed by atoms with Crippen molar-refractivity contribution >= 4 is 17.5 Å². The number of anilines is 1. The second-order valence-electron chi connectivity index (χ2n) is 8.42. The van der Waals surface area contributed by atoms with Crippen molar-refractivity contribution < 1.29 is 14.3 Å². The van der Waals surface area contributed by atoms with E-state index in [-0.39, 0.29) is 17.9 Å². The maximum atomic E-state index is 12.7. The Kier molecular flexibility index (Phi) is 7.57. The molecule has 0 bridgehead atoms. The molecule has 0 aliphatic carbocycles. The Bertz CT molecular complexity index is 1120. The summed E-state index contributed by atoms with van der Waals surface area (Å²) in [4.78, 5) is 29.2. The first kappa shape index (κ1) is 23.5. The lowest BCUT2D eigenvalue weighted by molar-refractivity contribution is -0.118. The van der Waals surface area contributed by atoms with Gasteiger partial charge in [0.1, 0.15) is 11.5 Å². The molecular weight excluding hydrogens is 428 g/mol. The Labute approximate surface area is 200 Å². The van der Waals surface area contributed by atoms with Gasteiger partial charge in [0.2, 0.25) is 5.91 Å². The predicted molar refractivity (Wildman–Crippen MR) is 133 cm³/mol. The Morgan fingerprint density at radius 3 is 2.41 bits per heavy atom. The van der Waals surface area contributed by atoms with Gasteiger partial charge in [0.05, 0.1) is 6.54 Å². The van der Waals surface area contributed by atoms with Crippen molar-refractivity contribution in [2.24, 2.45) is 0 Å². The number of likely N-dealkylation sites (N-methyl/N-ethyl adjacent to an activating group) is 1. The number of ether oxygens (including phenoxy) is 1. The van der Waals surface area contributed by atoms with Crippen LogP contribution in [0, 0.1) is 0 Å². The van der Waals surface area contributed by atoms with Crippen molar-refractivity contribution in [1.29, 1.82) is 0 Å². The largest absolute Gasteiger partial charge is 0.457 e. The number of nitrogens with one attached hydrogen (secondary N) is 2. The molecule has 0 saturated carbocycles. The summed E-state index contributed by atoms with van der Waals surface area (Å²) in [5, 5.41) is 5.65. The lowest BCUT2D eigenvalue weighted by Crippen LogP contribution is -2.48. The van der Waals surface area contributed by atoms with E-state index in [0.29, 0.717) is 24.4 Å². The number of amides is 2. The van der Waals surface area contributed by atoms with Gasteiger partial charge in [-0.3, -0.25) is 19.4 Å². The molecule has 7 nitrogen and oxygen atoms in total. The van der Waals surface area contributed by atoms with E-state index in [4.69, 9.17) is 4.74 Å². The van der Waals surface area contributed by atoms with Crippen LogP contribution in [0.2, 0.25) is 0 Å². The molecule has 1 unspecified atom stereocenters. The van der Waals surface area contributed by atoms with Gasteiger partial charge in [-0.1, -0.05) is 30.3 Å². The topological polar surface area (TPSA) is 73.9 Å². The molecule has 4 rings (SSSR count). The number of hydrogen-bond donors (Lipinski definition) is 2. The number of piperazine rings is 1. The fourth-order valence-electron chi connectivity index (χ4n) is 4.10. The van der Waals surface area contributed by atoms with Gasteiger partial charge in [-0.2, -0.15) is 0 Å². The van der Waals surface area contributed by atoms with Crippen LogP contribution >= 0.6 is 0 Å². The fraction of sp³-hybridized carbons (Fsp3) is 0.259. The lowest BCUT2D eigenvalue weighted by atomic mass is 10.00. The van der Waals surface area contributed by atoms with Crippen LogP contribution in [0.15, 0.2) is 78.9 Å². The highest BCUT2D eigenvalue weighted by Gasteiger charge is 2.27. The number of carbonyl (C=O) groups excluding carboxylic acids is 2. The predicted octanol–water partition coefficient (Wildman–Crippen LogP) is 3.77. The van der Waals surface area contributed by atoms with Crippen molar-refractivity contribution in [1.82, 2.24) is 15.1 Å². The van der Waals surface area contributed by atoms with Crippen LogP contribution in [0.4, 0.5) is 5.69 Å². The molecule has 1 fully saturated rings. The molecule has 3 aromatic carbocycles. The van der Waals surface area contributed by atoms with E-state index in [0.717, 1.165) is 30.1 Å². The maximum Gasteiger partial charge on any atom is 0.251 e. The fourth-order valence-corrected chi connectivity index (χ4v) is 4.10. The minimum Gasteiger partial charge on any atom is -0.457 e. The summed E-state index contributed by atoms with van der Waals surface area (Å²) in [7, 11) is 3.71. The van der Waals surface area contributed by atoms with Gasteiger partial charge in [0.25, 0.3) is 5.91 Å². The zero-order chi connectivity index (χ0) is 23.9. The van der Waals surface area contributed by atoms with Crippen LogP contribution in [0.1, 0.15) is 22.0 Å². The van der Waals surface area contributed by atoms with Gasteiger partial charge in [0, 0.05) is 44.0 Å². The number of carbonyl (C=O) groups is 2. The van der Waals surface area contributed by atoms with E-state index in [1.807, 2.05) is 78.9 Å². The molecule has 0 spiro atoms. The van der Waals surface area contributed by atoms with E-state index < -0.39 is 0 Å². The van der Waals surface area contributed by atoms with Crippen molar-refractivity contribution in [3.63, 3.8) is 0 Å². The maximum absolute atomic E-state index is 12.7. The van der Waals surface area contributed by atoms with Gasteiger partial charge in [-0.15, -0.1) is 0 Å². The second-order valence-corrected chi connectivity index (χ2v) is 8.42. The van der Waals surface area contributed by atoms with Gasteiger partial charge < -0.3 is 15.4 Å². The number of benzene rings is 3. The van der Waals surface area contributed by atoms with Gasteiger partial charge in [-0.25, -0.2) is 0 Å². The zero-order valence-electron chi connectivity index (χ0n) is 19.5. The number of para-hydroxylation sites is 1. The first-order chi connectivity index (χ1) is 16.5. The summed E-state index contributed by atoms with van der Waals surface area (Å²) in [6, 6.07) is 24.7. The summed E-state index contributed by atoms with van der Waals surface area (Å²) < 4.78 is 5.80. The number of nitrogens with zero attached hydrogens (tertiary/aromatic N) is 2. The van der Waals surface area contributed by atoms with Gasteiger partial charge in [-0.05, 0) is 61.1 Å². The van der Waals surface area contributed by atoms with Crippen molar-refractivity contribution in [2.45, 2.75) is 6.04 Å². The lowest BCUT2D eigenvalue weighted by Gasteiger charge is -2.39. The zero-order valence-corrected chi connectivity index (χ0v) is 19.5. The normalized spacial score (nSPS) is 16.6. The molecule has 34 heavy (non-hydrogen) atoms. The summed E-state index contributed by atoms with van der Waals surface area (Å²) in [6.45, 7) is 2.67. The minimum absolute atomic E-state index is 0.0563. The van der Waals surface area contributed by atoms with Gasteiger partial charge >= 0.3 is 0 Å². The van der Waals surface area contributed by atoms with E-state index >= 15 is 0 Å². The van der Waals surface area contributed by atoms with Crippen LogP contribution in [-0.2, 0) is 4.79 Å². The highest BCUT2D eigenvalue weighted by atomic mass is 16.5. The molecule has 2 amide bonds. The Hall–Kier alpha value is -3.68. The van der Waals surface area contributed by atoms with Crippen LogP contribution in [0.25, 0.3) is 0 Å². The second kappa shape index (κ2) is 11.0. The summed E-state index contributed by atoms with van der Waals surface area (Å²) in [5.41, 5.74) is 2.44. The molecule has 1 aliphatic heterocycles. The molecule has 1 heterocycles. The third-order valence-corrected chi connectivity index (χ3v) is 5.98. The Morgan fingerprint density at radius 2 is 1.68 bits per heavy atom. The van der Waals surface area contributed by atoms with Crippen LogP contribution in [0.3, 0.4) is 0 Å². The van der Waals surface area contributed by atoms with E-state index in [1.54, 1.807) is 7.05 Å². The van der Waals surface area contributed by atoms with Crippen LogP contribution < -0.4 is 15.4 Å². The Morgan fingerprint density at radius 1 is 0.941 bits per heavy atom. The van der Waals surface area contributed by atoms with E-state index in [1.165, 1.54) is 0 Å². The number of hydrogen-bond acceptors (Lipinski definition) is 5.